The Labute approximate surface area is 114 Å². The van der Waals surface area contributed by atoms with Gasteiger partial charge in [-0.15, -0.1) is 0 Å². The average molecular weight is 270 g/mol. The minimum absolute atomic E-state index is 0.185. The second kappa shape index (κ2) is 8.23. The smallest absolute Gasteiger partial charge is 0.251 e. The Kier molecular flexibility index (Phi) is 6.95. The van der Waals surface area contributed by atoms with Crippen LogP contribution in [-0.2, 0) is 13.1 Å². The van der Waals surface area contributed by atoms with E-state index in [9.17, 15) is 8.78 Å². The fraction of sp³-hybridized carbons (Fsp3) is 0.600. The van der Waals surface area contributed by atoms with Crippen molar-refractivity contribution in [2.45, 2.75) is 33.4 Å². The minimum Gasteiger partial charge on any atom is -0.312 e. The van der Waals surface area contributed by atoms with Crippen LogP contribution in [0.15, 0.2) is 24.3 Å². The summed E-state index contributed by atoms with van der Waals surface area (Å²) in [6.07, 6.45) is -2.28. The van der Waals surface area contributed by atoms with Crippen LogP contribution < -0.4 is 5.32 Å². The second-order valence-corrected chi connectivity index (χ2v) is 5.43. The Bertz CT molecular complexity index is 367. The van der Waals surface area contributed by atoms with Gasteiger partial charge in [0, 0.05) is 13.1 Å². The molecule has 0 saturated carbocycles. The quantitative estimate of drug-likeness (QED) is 0.780. The van der Waals surface area contributed by atoms with E-state index >= 15 is 0 Å². The van der Waals surface area contributed by atoms with Crippen LogP contribution in [0.1, 0.15) is 25.0 Å². The maximum Gasteiger partial charge on any atom is 0.251 e. The molecule has 0 aliphatic rings. The third-order valence-electron chi connectivity index (χ3n) is 2.78. The number of alkyl halides is 2. The maximum atomic E-state index is 12.3. The highest BCUT2D eigenvalue weighted by atomic mass is 19.3. The summed E-state index contributed by atoms with van der Waals surface area (Å²) in [5, 5.41) is 3.38. The van der Waals surface area contributed by atoms with Crippen molar-refractivity contribution in [1.82, 2.24) is 10.2 Å². The zero-order chi connectivity index (χ0) is 14.3. The number of benzene rings is 1. The lowest BCUT2D eigenvalue weighted by Crippen LogP contribution is -2.24. The first-order chi connectivity index (χ1) is 8.97. The monoisotopic (exact) mass is 270 g/mol. The molecule has 0 amide bonds. The van der Waals surface area contributed by atoms with Gasteiger partial charge in [0.15, 0.2) is 0 Å². The molecule has 0 bridgehead atoms. The predicted molar refractivity (Wildman–Crippen MR) is 75.3 cm³/mol. The number of rotatable bonds is 8. The molecule has 0 radical (unpaired) electrons. The van der Waals surface area contributed by atoms with Crippen molar-refractivity contribution in [3.63, 3.8) is 0 Å². The molecule has 1 aromatic rings. The van der Waals surface area contributed by atoms with E-state index < -0.39 is 6.43 Å². The Balaban J connectivity index is 2.47. The molecule has 1 N–H and O–H groups in total. The number of nitrogens with zero attached hydrogens (tertiary/aromatic N) is 1. The van der Waals surface area contributed by atoms with E-state index in [1.807, 2.05) is 12.1 Å². The lowest BCUT2D eigenvalue weighted by atomic mass is 10.1. The highest BCUT2D eigenvalue weighted by Crippen LogP contribution is 2.09. The predicted octanol–water partition coefficient (Wildman–Crippen LogP) is 3.13. The second-order valence-electron chi connectivity index (χ2n) is 5.43. The Morgan fingerprint density at radius 3 is 2.53 bits per heavy atom. The van der Waals surface area contributed by atoms with E-state index in [2.05, 4.69) is 31.3 Å². The summed E-state index contributed by atoms with van der Waals surface area (Å²) in [5.74, 6) is 0.625. The third-order valence-corrected chi connectivity index (χ3v) is 2.78. The number of nitrogens with one attached hydrogen (secondary N) is 1. The zero-order valence-electron chi connectivity index (χ0n) is 12.0. The van der Waals surface area contributed by atoms with Crippen molar-refractivity contribution >= 4 is 0 Å². The Morgan fingerprint density at radius 2 is 1.89 bits per heavy atom. The molecule has 0 aliphatic carbocycles. The topological polar surface area (TPSA) is 15.3 Å². The van der Waals surface area contributed by atoms with Crippen molar-refractivity contribution in [3.05, 3.63) is 35.4 Å². The normalized spacial score (nSPS) is 11.8. The van der Waals surface area contributed by atoms with Crippen LogP contribution in [0.25, 0.3) is 0 Å². The highest BCUT2D eigenvalue weighted by molar-refractivity contribution is 5.23. The van der Waals surface area contributed by atoms with E-state index in [1.54, 1.807) is 11.9 Å². The van der Waals surface area contributed by atoms with E-state index in [0.29, 0.717) is 12.5 Å². The van der Waals surface area contributed by atoms with Crippen LogP contribution in [0.3, 0.4) is 0 Å². The first-order valence-corrected chi connectivity index (χ1v) is 6.72. The van der Waals surface area contributed by atoms with Gasteiger partial charge in [-0.25, -0.2) is 8.78 Å². The fourth-order valence-corrected chi connectivity index (χ4v) is 1.95. The van der Waals surface area contributed by atoms with Crippen LogP contribution >= 0.6 is 0 Å². The molecule has 0 aliphatic heterocycles. The first kappa shape index (κ1) is 16.1. The molecule has 0 atom stereocenters. The van der Waals surface area contributed by atoms with Crippen molar-refractivity contribution in [2.75, 3.05) is 20.1 Å². The number of hydrogen-bond acceptors (Lipinski definition) is 2. The molecule has 0 unspecified atom stereocenters. The van der Waals surface area contributed by atoms with Crippen LogP contribution in [-0.4, -0.2) is 31.5 Å². The van der Waals surface area contributed by atoms with Gasteiger partial charge in [0.25, 0.3) is 6.43 Å². The molecular weight excluding hydrogens is 246 g/mol. The number of halogens is 2. The molecule has 108 valence electrons. The van der Waals surface area contributed by atoms with Crippen LogP contribution in [0.4, 0.5) is 8.78 Å². The molecular formula is C15H24F2N2. The van der Waals surface area contributed by atoms with Gasteiger partial charge in [0.1, 0.15) is 0 Å². The molecule has 0 saturated heterocycles. The van der Waals surface area contributed by atoms with Crippen molar-refractivity contribution in [3.8, 4) is 0 Å². The molecule has 1 rings (SSSR count). The molecule has 0 aromatic heterocycles. The summed E-state index contributed by atoms with van der Waals surface area (Å²) in [4.78, 5) is 1.64. The van der Waals surface area contributed by atoms with Gasteiger partial charge >= 0.3 is 0 Å². The van der Waals surface area contributed by atoms with E-state index in [1.165, 1.54) is 5.56 Å². The van der Waals surface area contributed by atoms with Crippen LogP contribution in [0.5, 0.6) is 0 Å². The van der Waals surface area contributed by atoms with E-state index in [0.717, 1.165) is 18.7 Å². The molecule has 0 fully saturated rings. The van der Waals surface area contributed by atoms with Gasteiger partial charge in [0.2, 0.25) is 0 Å². The highest BCUT2D eigenvalue weighted by Gasteiger charge is 2.08. The van der Waals surface area contributed by atoms with Crippen molar-refractivity contribution in [1.29, 1.82) is 0 Å². The summed E-state index contributed by atoms with van der Waals surface area (Å²) in [6.45, 7) is 6.52. The van der Waals surface area contributed by atoms with Gasteiger partial charge in [-0.3, -0.25) is 4.90 Å². The SMILES string of the molecule is CC(C)CNCc1cccc(CN(C)CC(F)F)c1. The van der Waals surface area contributed by atoms with E-state index in [-0.39, 0.29) is 6.54 Å². The van der Waals surface area contributed by atoms with E-state index in [4.69, 9.17) is 0 Å². The largest absolute Gasteiger partial charge is 0.312 e. The Morgan fingerprint density at radius 1 is 1.21 bits per heavy atom. The first-order valence-electron chi connectivity index (χ1n) is 6.72. The van der Waals surface area contributed by atoms with Crippen LogP contribution in [0, 0.1) is 5.92 Å². The third kappa shape index (κ3) is 7.23. The lowest BCUT2D eigenvalue weighted by molar-refractivity contribution is 0.0975. The van der Waals surface area contributed by atoms with Gasteiger partial charge in [-0.05, 0) is 30.6 Å². The maximum absolute atomic E-state index is 12.3. The van der Waals surface area contributed by atoms with Gasteiger partial charge in [0.05, 0.1) is 6.54 Å². The molecule has 19 heavy (non-hydrogen) atoms. The van der Waals surface area contributed by atoms with Gasteiger partial charge < -0.3 is 5.32 Å². The summed E-state index contributed by atoms with van der Waals surface area (Å²) >= 11 is 0. The summed E-state index contributed by atoms with van der Waals surface area (Å²) < 4.78 is 24.5. The fourth-order valence-electron chi connectivity index (χ4n) is 1.95. The summed E-state index contributed by atoms with van der Waals surface area (Å²) in [6, 6.07) is 8.10. The van der Waals surface area contributed by atoms with Crippen molar-refractivity contribution < 1.29 is 8.78 Å². The van der Waals surface area contributed by atoms with Crippen molar-refractivity contribution in [2.24, 2.45) is 5.92 Å². The molecule has 0 spiro atoms. The standard InChI is InChI=1S/C15H24F2N2/c1-12(2)8-18-9-13-5-4-6-14(7-13)10-19(3)11-15(16)17/h4-7,12,15,18H,8-11H2,1-3H3. The minimum atomic E-state index is -2.28. The average Bonchev–Trinajstić information content (AvgIpc) is 2.27. The van der Waals surface area contributed by atoms with Gasteiger partial charge in [-0.2, -0.15) is 0 Å². The number of hydrogen-bond donors (Lipinski definition) is 1. The molecule has 1 aromatic carbocycles. The Hall–Kier alpha value is -1.00. The lowest BCUT2D eigenvalue weighted by Gasteiger charge is -2.16. The summed E-state index contributed by atoms with van der Waals surface area (Å²) in [5.41, 5.74) is 2.27. The molecule has 0 heterocycles. The van der Waals surface area contributed by atoms with Gasteiger partial charge in [-0.1, -0.05) is 38.1 Å². The molecule has 2 nitrogen and oxygen atoms in total. The summed E-state index contributed by atoms with van der Waals surface area (Å²) in [7, 11) is 1.72. The molecule has 4 heteroatoms. The van der Waals surface area contributed by atoms with Crippen LogP contribution in [0.2, 0.25) is 0 Å². The zero-order valence-corrected chi connectivity index (χ0v) is 12.0.